The summed E-state index contributed by atoms with van der Waals surface area (Å²) in [4.78, 5) is 26.0. The van der Waals surface area contributed by atoms with Gasteiger partial charge in [-0.15, -0.1) is 0 Å². The quantitative estimate of drug-likeness (QED) is 0.914. The van der Waals surface area contributed by atoms with Crippen molar-refractivity contribution in [1.29, 1.82) is 0 Å². The predicted molar refractivity (Wildman–Crippen MR) is 83.4 cm³/mol. The van der Waals surface area contributed by atoms with Crippen LogP contribution in [-0.4, -0.2) is 21.7 Å². The second-order valence-corrected chi connectivity index (χ2v) is 5.52. The van der Waals surface area contributed by atoms with E-state index in [-0.39, 0.29) is 30.1 Å². The molecule has 3 rings (SSSR count). The summed E-state index contributed by atoms with van der Waals surface area (Å²) in [5.74, 6) is -1.49. The lowest BCUT2D eigenvalue weighted by atomic mass is 9.99. The summed E-state index contributed by atoms with van der Waals surface area (Å²) < 4.78 is 18.4. The van der Waals surface area contributed by atoms with E-state index >= 15 is 0 Å². The van der Waals surface area contributed by atoms with Crippen LogP contribution in [0, 0.1) is 5.82 Å². The number of hydrogen-bond donors (Lipinski definition) is 1. The summed E-state index contributed by atoms with van der Waals surface area (Å²) in [5.41, 5.74) is 0.721. The van der Waals surface area contributed by atoms with Crippen molar-refractivity contribution >= 4 is 11.7 Å². The Kier molecular flexibility index (Phi) is 4.20. The molecule has 6 heteroatoms. The van der Waals surface area contributed by atoms with E-state index in [1.807, 2.05) is 0 Å². The van der Waals surface area contributed by atoms with Gasteiger partial charge in [-0.3, -0.25) is 9.59 Å². The standard InChI is InChI=1S/C18H16FNO4/c1-2-13(21)15-16(14-4-3-9-24-14)20(18(23)17(15)22)10-11-5-7-12(19)8-6-11/h3-9,16,22H,2,10H2,1H3. The Hall–Kier alpha value is -2.89. The lowest BCUT2D eigenvalue weighted by molar-refractivity contribution is -0.130. The number of halogens is 1. The molecule has 1 aromatic heterocycles. The van der Waals surface area contributed by atoms with E-state index in [1.165, 1.54) is 23.3 Å². The van der Waals surface area contributed by atoms with E-state index in [0.717, 1.165) is 0 Å². The molecule has 2 heterocycles. The van der Waals surface area contributed by atoms with Gasteiger partial charge >= 0.3 is 0 Å². The number of carbonyl (C=O) groups excluding carboxylic acids is 2. The lowest BCUT2D eigenvalue weighted by Crippen LogP contribution is -2.30. The summed E-state index contributed by atoms with van der Waals surface area (Å²) in [6, 6.07) is 8.21. The van der Waals surface area contributed by atoms with Crippen LogP contribution in [0.2, 0.25) is 0 Å². The lowest BCUT2D eigenvalue weighted by Gasteiger charge is -2.24. The minimum Gasteiger partial charge on any atom is -0.503 e. The zero-order valence-electron chi connectivity index (χ0n) is 13.0. The normalized spacial score (nSPS) is 17.7. The second-order valence-electron chi connectivity index (χ2n) is 5.52. The first kappa shape index (κ1) is 16.0. The van der Waals surface area contributed by atoms with E-state index in [9.17, 15) is 19.1 Å². The number of nitrogens with zero attached hydrogens (tertiary/aromatic N) is 1. The monoisotopic (exact) mass is 329 g/mol. The van der Waals surface area contributed by atoms with Crippen LogP contribution < -0.4 is 0 Å². The Balaban J connectivity index is 2.00. The van der Waals surface area contributed by atoms with Gasteiger partial charge in [-0.05, 0) is 29.8 Å². The van der Waals surface area contributed by atoms with Crippen molar-refractivity contribution in [1.82, 2.24) is 4.90 Å². The number of rotatable bonds is 5. The van der Waals surface area contributed by atoms with Crippen LogP contribution in [0.25, 0.3) is 0 Å². The summed E-state index contributed by atoms with van der Waals surface area (Å²) in [7, 11) is 0. The van der Waals surface area contributed by atoms with Crippen molar-refractivity contribution in [3.63, 3.8) is 0 Å². The SMILES string of the molecule is CCC(=O)C1=C(O)C(=O)N(Cc2ccc(F)cc2)C1c1ccco1. The van der Waals surface area contributed by atoms with Gasteiger partial charge in [0.2, 0.25) is 0 Å². The van der Waals surface area contributed by atoms with Gasteiger partial charge in [0.05, 0.1) is 11.8 Å². The Morgan fingerprint density at radius 1 is 1.29 bits per heavy atom. The maximum Gasteiger partial charge on any atom is 0.290 e. The van der Waals surface area contributed by atoms with Gasteiger partial charge < -0.3 is 14.4 Å². The molecule has 2 aromatic rings. The number of aliphatic hydroxyl groups is 1. The van der Waals surface area contributed by atoms with E-state index in [2.05, 4.69) is 0 Å². The Labute approximate surface area is 138 Å². The predicted octanol–water partition coefficient (Wildman–Crippen LogP) is 3.29. The van der Waals surface area contributed by atoms with Crippen molar-refractivity contribution in [3.8, 4) is 0 Å². The highest BCUT2D eigenvalue weighted by atomic mass is 19.1. The zero-order valence-corrected chi connectivity index (χ0v) is 13.0. The average Bonchev–Trinajstić information content (AvgIpc) is 3.18. The fourth-order valence-corrected chi connectivity index (χ4v) is 2.82. The molecule has 1 aromatic carbocycles. The number of hydrogen-bond acceptors (Lipinski definition) is 4. The Bertz CT molecular complexity index is 793. The van der Waals surface area contributed by atoms with Crippen LogP contribution in [-0.2, 0) is 16.1 Å². The van der Waals surface area contributed by atoms with Crippen LogP contribution in [0.15, 0.2) is 58.4 Å². The number of aliphatic hydroxyl groups excluding tert-OH is 1. The molecule has 0 radical (unpaired) electrons. The van der Waals surface area contributed by atoms with Gasteiger partial charge in [0.15, 0.2) is 11.5 Å². The summed E-state index contributed by atoms with van der Waals surface area (Å²) >= 11 is 0. The summed E-state index contributed by atoms with van der Waals surface area (Å²) in [6.07, 6.45) is 1.60. The van der Waals surface area contributed by atoms with Gasteiger partial charge in [-0.25, -0.2) is 4.39 Å². The number of amides is 1. The molecule has 0 bridgehead atoms. The van der Waals surface area contributed by atoms with Crippen molar-refractivity contribution < 1.29 is 23.5 Å². The molecular formula is C18H16FNO4. The first-order valence-electron chi connectivity index (χ1n) is 7.58. The highest BCUT2D eigenvalue weighted by molar-refractivity contribution is 6.08. The number of furan rings is 1. The van der Waals surface area contributed by atoms with Gasteiger partial charge in [-0.2, -0.15) is 0 Å². The number of ketones is 1. The average molecular weight is 329 g/mol. The summed E-state index contributed by atoms with van der Waals surface area (Å²) in [6.45, 7) is 1.78. The fraction of sp³-hybridized carbons (Fsp3) is 0.222. The van der Waals surface area contributed by atoms with Crippen molar-refractivity contribution in [3.05, 3.63) is 71.1 Å². The zero-order chi connectivity index (χ0) is 17.3. The molecule has 0 fully saturated rings. The first-order chi connectivity index (χ1) is 11.5. The van der Waals surface area contributed by atoms with Gasteiger partial charge in [0, 0.05) is 13.0 Å². The van der Waals surface area contributed by atoms with E-state index < -0.39 is 17.7 Å². The van der Waals surface area contributed by atoms with E-state index in [1.54, 1.807) is 31.2 Å². The van der Waals surface area contributed by atoms with Crippen molar-refractivity contribution in [2.24, 2.45) is 0 Å². The number of Topliss-reactive ketones (excluding diaryl/α,β-unsaturated/α-hetero) is 1. The third-order valence-electron chi connectivity index (χ3n) is 4.00. The molecular weight excluding hydrogens is 313 g/mol. The van der Waals surface area contributed by atoms with Gasteiger partial charge in [0.25, 0.3) is 5.91 Å². The highest BCUT2D eigenvalue weighted by Crippen LogP contribution is 2.39. The maximum absolute atomic E-state index is 13.1. The Morgan fingerprint density at radius 3 is 2.58 bits per heavy atom. The smallest absolute Gasteiger partial charge is 0.290 e. The molecule has 5 nitrogen and oxygen atoms in total. The molecule has 0 saturated carbocycles. The van der Waals surface area contributed by atoms with Gasteiger partial charge in [0.1, 0.15) is 17.6 Å². The Morgan fingerprint density at radius 2 is 2.00 bits per heavy atom. The molecule has 1 atom stereocenters. The largest absolute Gasteiger partial charge is 0.503 e. The molecule has 1 aliphatic rings. The van der Waals surface area contributed by atoms with Crippen LogP contribution in [0.1, 0.15) is 30.7 Å². The summed E-state index contributed by atoms with van der Waals surface area (Å²) in [5, 5.41) is 10.2. The van der Waals surface area contributed by atoms with Crippen LogP contribution >= 0.6 is 0 Å². The first-order valence-corrected chi connectivity index (χ1v) is 7.58. The van der Waals surface area contributed by atoms with Crippen LogP contribution in [0.5, 0.6) is 0 Å². The molecule has 0 saturated heterocycles. The fourth-order valence-electron chi connectivity index (χ4n) is 2.82. The molecule has 24 heavy (non-hydrogen) atoms. The number of carbonyl (C=O) groups is 2. The molecule has 1 amide bonds. The molecule has 0 spiro atoms. The molecule has 1 unspecified atom stereocenters. The minimum atomic E-state index is -0.787. The molecule has 0 aliphatic carbocycles. The minimum absolute atomic E-state index is 0.0413. The highest BCUT2D eigenvalue weighted by Gasteiger charge is 2.44. The maximum atomic E-state index is 13.1. The van der Waals surface area contributed by atoms with Gasteiger partial charge in [-0.1, -0.05) is 19.1 Å². The van der Waals surface area contributed by atoms with E-state index in [0.29, 0.717) is 11.3 Å². The van der Waals surface area contributed by atoms with E-state index in [4.69, 9.17) is 4.42 Å². The number of benzene rings is 1. The molecule has 1 N–H and O–H groups in total. The van der Waals surface area contributed by atoms with Crippen LogP contribution in [0.3, 0.4) is 0 Å². The topological polar surface area (TPSA) is 70.8 Å². The third-order valence-corrected chi connectivity index (χ3v) is 4.00. The second kappa shape index (κ2) is 6.31. The van der Waals surface area contributed by atoms with Crippen molar-refractivity contribution in [2.75, 3.05) is 0 Å². The molecule has 124 valence electrons. The van der Waals surface area contributed by atoms with Crippen molar-refractivity contribution in [2.45, 2.75) is 25.9 Å². The third kappa shape index (κ3) is 2.71. The molecule has 1 aliphatic heterocycles. The van der Waals surface area contributed by atoms with Crippen LogP contribution in [0.4, 0.5) is 4.39 Å².